The molecule has 15 heavy (non-hydrogen) atoms. The minimum absolute atomic E-state index is 0.657. The number of aryl methyl sites for hydroxylation is 1. The van der Waals surface area contributed by atoms with Crippen LogP contribution in [-0.4, -0.2) is 15.5 Å². The van der Waals surface area contributed by atoms with Crippen molar-refractivity contribution in [3.05, 3.63) is 35.5 Å². The molecule has 1 aromatic heterocycles. The quantitative estimate of drug-likeness (QED) is 0.431. The number of aromatic nitrogens is 1. The first-order valence-corrected chi connectivity index (χ1v) is 4.90. The van der Waals surface area contributed by atoms with Gasteiger partial charge in [0.25, 0.3) is 0 Å². The molecule has 1 N–H and O–H groups in total. The molecule has 2 aromatic rings. The average Bonchev–Trinajstić information content (AvgIpc) is 2.52. The number of oxime groups is 1. The zero-order valence-corrected chi connectivity index (χ0v) is 9.15. The number of hydrogen-bond acceptors (Lipinski definition) is 2. The summed E-state index contributed by atoms with van der Waals surface area (Å²) in [7, 11) is 2.02. The minimum Gasteiger partial charge on any atom is -0.411 e. The lowest BCUT2D eigenvalue weighted by atomic mass is 10.1. The molecule has 0 atom stereocenters. The van der Waals surface area contributed by atoms with Crippen molar-refractivity contribution in [2.24, 2.45) is 12.2 Å². The molecule has 0 fully saturated rings. The summed E-state index contributed by atoms with van der Waals surface area (Å²) in [6, 6.07) is 8.12. The van der Waals surface area contributed by atoms with E-state index >= 15 is 0 Å². The van der Waals surface area contributed by atoms with Crippen LogP contribution < -0.4 is 0 Å². The molecular weight excluding hydrogens is 188 g/mol. The highest BCUT2D eigenvalue weighted by Gasteiger charge is 2.13. The molecule has 0 spiro atoms. The highest BCUT2D eigenvalue weighted by Crippen LogP contribution is 2.25. The first-order chi connectivity index (χ1) is 7.16. The summed E-state index contributed by atoms with van der Waals surface area (Å²) < 4.78 is 2.11. The van der Waals surface area contributed by atoms with Gasteiger partial charge in [0.15, 0.2) is 0 Å². The third-order valence-corrected chi connectivity index (χ3v) is 2.91. The Morgan fingerprint density at radius 2 is 2.00 bits per heavy atom. The number of hydrogen-bond donors (Lipinski definition) is 1. The molecule has 3 nitrogen and oxygen atoms in total. The van der Waals surface area contributed by atoms with Gasteiger partial charge >= 0.3 is 0 Å². The van der Waals surface area contributed by atoms with Gasteiger partial charge in [0.05, 0.1) is 5.71 Å². The van der Waals surface area contributed by atoms with Crippen LogP contribution in [0.2, 0.25) is 0 Å². The average molecular weight is 202 g/mol. The fourth-order valence-electron chi connectivity index (χ4n) is 2.03. The van der Waals surface area contributed by atoms with E-state index < -0.39 is 0 Å². The first-order valence-electron chi connectivity index (χ1n) is 4.90. The Kier molecular flexibility index (Phi) is 2.23. The zero-order valence-electron chi connectivity index (χ0n) is 9.15. The molecule has 0 saturated heterocycles. The maximum Gasteiger partial charge on any atom is 0.0861 e. The zero-order chi connectivity index (χ0) is 11.0. The number of nitrogens with zero attached hydrogens (tertiary/aromatic N) is 2. The van der Waals surface area contributed by atoms with E-state index in [0.717, 1.165) is 22.2 Å². The molecule has 3 heteroatoms. The molecule has 0 aliphatic rings. The van der Waals surface area contributed by atoms with Gasteiger partial charge in [-0.1, -0.05) is 23.4 Å². The van der Waals surface area contributed by atoms with Crippen LogP contribution in [0.25, 0.3) is 10.9 Å². The van der Waals surface area contributed by atoms with E-state index in [4.69, 9.17) is 5.21 Å². The fourth-order valence-corrected chi connectivity index (χ4v) is 2.03. The SMILES string of the molecule is C/C(=N/O)c1c(C)n(C)c2ccccc12. The van der Waals surface area contributed by atoms with Crippen LogP contribution in [0.15, 0.2) is 29.4 Å². The van der Waals surface area contributed by atoms with Crippen LogP contribution >= 0.6 is 0 Å². The second-order valence-electron chi connectivity index (χ2n) is 3.72. The van der Waals surface area contributed by atoms with Crippen LogP contribution in [0, 0.1) is 6.92 Å². The van der Waals surface area contributed by atoms with Crippen molar-refractivity contribution < 1.29 is 5.21 Å². The van der Waals surface area contributed by atoms with Crippen LogP contribution in [0.1, 0.15) is 18.2 Å². The van der Waals surface area contributed by atoms with E-state index in [0.29, 0.717) is 5.71 Å². The Bertz CT molecular complexity index is 538. The number of rotatable bonds is 1. The molecule has 0 bridgehead atoms. The van der Waals surface area contributed by atoms with Gasteiger partial charge in [-0.05, 0) is 19.9 Å². The normalized spacial score (nSPS) is 12.3. The molecule has 0 aliphatic carbocycles. The molecule has 0 radical (unpaired) electrons. The highest BCUT2D eigenvalue weighted by molar-refractivity contribution is 6.10. The van der Waals surface area contributed by atoms with E-state index in [2.05, 4.69) is 15.8 Å². The van der Waals surface area contributed by atoms with Gasteiger partial charge < -0.3 is 9.77 Å². The summed E-state index contributed by atoms with van der Waals surface area (Å²) in [5.74, 6) is 0. The molecule has 0 saturated carbocycles. The summed E-state index contributed by atoms with van der Waals surface area (Å²) in [6.45, 7) is 3.85. The van der Waals surface area contributed by atoms with E-state index in [9.17, 15) is 0 Å². The third kappa shape index (κ3) is 1.31. The van der Waals surface area contributed by atoms with E-state index in [1.54, 1.807) is 0 Å². The van der Waals surface area contributed by atoms with E-state index in [1.165, 1.54) is 0 Å². The Morgan fingerprint density at radius 3 is 2.67 bits per heavy atom. The van der Waals surface area contributed by atoms with Crippen LogP contribution in [0.3, 0.4) is 0 Å². The lowest BCUT2D eigenvalue weighted by Crippen LogP contribution is -1.98. The van der Waals surface area contributed by atoms with Gasteiger partial charge in [0.2, 0.25) is 0 Å². The van der Waals surface area contributed by atoms with Crippen molar-refractivity contribution in [1.82, 2.24) is 4.57 Å². The summed E-state index contributed by atoms with van der Waals surface area (Å²) in [4.78, 5) is 0. The summed E-state index contributed by atoms with van der Waals surface area (Å²) in [5, 5.41) is 13.3. The molecule has 1 heterocycles. The molecular formula is C12H14N2O. The topological polar surface area (TPSA) is 37.5 Å². The fraction of sp³-hybridized carbons (Fsp3) is 0.250. The lowest BCUT2D eigenvalue weighted by molar-refractivity contribution is 0.319. The molecule has 0 unspecified atom stereocenters. The Balaban J connectivity index is 2.90. The maximum atomic E-state index is 8.86. The van der Waals surface area contributed by atoms with Gasteiger partial charge in [-0.2, -0.15) is 0 Å². The van der Waals surface area contributed by atoms with Crippen LogP contribution in [0.4, 0.5) is 0 Å². The minimum atomic E-state index is 0.657. The number of para-hydroxylation sites is 1. The second kappa shape index (κ2) is 3.42. The van der Waals surface area contributed by atoms with E-state index in [-0.39, 0.29) is 0 Å². The Morgan fingerprint density at radius 1 is 1.33 bits per heavy atom. The summed E-state index contributed by atoms with van der Waals surface area (Å²) in [5.41, 5.74) is 3.96. The molecule has 0 amide bonds. The molecule has 0 aliphatic heterocycles. The van der Waals surface area contributed by atoms with E-state index in [1.807, 2.05) is 39.1 Å². The molecule has 78 valence electrons. The predicted octanol–water partition coefficient (Wildman–Crippen LogP) is 2.68. The van der Waals surface area contributed by atoms with Gasteiger partial charge in [-0.25, -0.2) is 0 Å². The standard InChI is InChI=1S/C12H14N2O/c1-8(13-15)12-9(2)14(3)11-7-5-4-6-10(11)12/h4-7,15H,1-3H3/b13-8-. The van der Waals surface area contributed by atoms with Crippen LogP contribution in [0.5, 0.6) is 0 Å². The van der Waals surface area contributed by atoms with Gasteiger partial charge in [0, 0.05) is 29.2 Å². The Labute approximate surface area is 88.6 Å². The second-order valence-corrected chi connectivity index (χ2v) is 3.72. The van der Waals surface area contributed by atoms with Crippen molar-refractivity contribution >= 4 is 16.6 Å². The van der Waals surface area contributed by atoms with Crippen molar-refractivity contribution in [2.45, 2.75) is 13.8 Å². The summed E-state index contributed by atoms with van der Waals surface area (Å²) >= 11 is 0. The number of fused-ring (bicyclic) bond motifs is 1. The van der Waals surface area contributed by atoms with Crippen molar-refractivity contribution in [3.63, 3.8) is 0 Å². The lowest BCUT2D eigenvalue weighted by Gasteiger charge is -1.99. The van der Waals surface area contributed by atoms with Gasteiger partial charge in [-0.3, -0.25) is 0 Å². The third-order valence-electron chi connectivity index (χ3n) is 2.91. The van der Waals surface area contributed by atoms with Gasteiger partial charge in [0.1, 0.15) is 0 Å². The monoisotopic (exact) mass is 202 g/mol. The van der Waals surface area contributed by atoms with Crippen molar-refractivity contribution in [3.8, 4) is 0 Å². The largest absolute Gasteiger partial charge is 0.411 e. The Hall–Kier alpha value is -1.77. The molecule has 1 aromatic carbocycles. The number of benzene rings is 1. The highest BCUT2D eigenvalue weighted by atomic mass is 16.4. The first kappa shape index (κ1) is 9.77. The molecule has 2 rings (SSSR count). The van der Waals surface area contributed by atoms with Gasteiger partial charge in [-0.15, -0.1) is 0 Å². The predicted molar refractivity (Wildman–Crippen MR) is 61.7 cm³/mol. The van der Waals surface area contributed by atoms with Crippen molar-refractivity contribution in [2.75, 3.05) is 0 Å². The maximum absolute atomic E-state index is 8.86. The van der Waals surface area contributed by atoms with Crippen molar-refractivity contribution in [1.29, 1.82) is 0 Å². The smallest absolute Gasteiger partial charge is 0.0861 e. The summed E-state index contributed by atoms with van der Waals surface area (Å²) in [6.07, 6.45) is 0. The van der Waals surface area contributed by atoms with Crippen LogP contribution in [-0.2, 0) is 7.05 Å².